The Hall–Kier alpha value is -2.14. The van der Waals surface area contributed by atoms with Gasteiger partial charge in [0.05, 0.1) is 23.5 Å². The molecule has 1 heterocycles. The van der Waals surface area contributed by atoms with Gasteiger partial charge in [-0.25, -0.2) is 9.78 Å². The van der Waals surface area contributed by atoms with Crippen molar-refractivity contribution in [1.29, 1.82) is 5.26 Å². The summed E-state index contributed by atoms with van der Waals surface area (Å²) >= 11 is 3.28. The minimum absolute atomic E-state index is 0.0542. The van der Waals surface area contributed by atoms with Crippen LogP contribution in [-0.2, 0) is 0 Å². The molecule has 1 aromatic heterocycles. The molecular formula is C19H18BrF3N3O+. The molecule has 0 amide bonds. The fourth-order valence-corrected chi connectivity index (χ4v) is 3.94. The van der Waals surface area contributed by atoms with E-state index in [0.717, 1.165) is 5.69 Å². The number of nitriles is 1. The van der Waals surface area contributed by atoms with Crippen LogP contribution in [0.4, 0.5) is 13.2 Å². The van der Waals surface area contributed by atoms with Gasteiger partial charge in [-0.05, 0) is 72.8 Å². The normalized spacial score (nSPS) is 20.3. The third-order valence-corrected chi connectivity index (χ3v) is 6.10. The van der Waals surface area contributed by atoms with Crippen LogP contribution < -0.4 is 10.1 Å². The summed E-state index contributed by atoms with van der Waals surface area (Å²) in [6.45, 7) is 1.78. The van der Waals surface area contributed by atoms with E-state index in [9.17, 15) is 18.0 Å². The lowest BCUT2D eigenvalue weighted by Crippen LogP contribution is -2.45. The van der Waals surface area contributed by atoms with Crippen molar-refractivity contribution >= 4 is 15.9 Å². The predicted molar refractivity (Wildman–Crippen MR) is 96.5 cm³/mol. The topological polar surface area (TPSA) is 60.5 Å². The van der Waals surface area contributed by atoms with E-state index >= 15 is 0 Å². The molecule has 8 heteroatoms. The van der Waals surface area contributed by atoms with E-state index in [0.29, 0.717) is 34.4 Å². The summed E-state index contributed by atoms with van der Waals surface area (Å²) in [5, 5.41) is 8.98. The number of H-pyrrole nitrogens is 1. The Balaban J connectivity index is 2.03. The van der Waals surface area contributed by atoms with E-state index in [1.54, 1.807) is 31.2 Å². The van der Waals surface area contributed by atoms with Crippen molar-refractivity contribution in [2.75, 3.05) is 0 Å². The number of nitrogens with one attached hydrogen (secondary N) is 1. The molecule has 0 atom stereocenters. The first kappa shape index (κ1) is 19.6. The molecule has 1 N–H and O–H groups in total. The van der Waals surface area contributed by atoms with Gasteiger partial charge >= 0.3 is 11.7 Å². The zero-order valence-electron chi connectivity index (χ0n) is 14.6. The van der Waals surface area contributed by atoms with E-state index < -0.39 is 12.1 Å². The fraction of sp³-hybridized carbons (Fsp3) is 0.421. The third kappa shape index (κ3) is 3.93. The van der Waals surface area contributed by atoms with Crippen LogP contribution in [0.25, 0.3) is 5.69 Å². The quantitative estimate of drug-likeness (QED) is 0.702. The minimum Gasteiger partial charge on any atom is -0.240 e. The molecule has 0 saturated heterocycles. The molecular weight excluding hydrogens is 423 g/mol. The minimum atomic E-state index is -4.17. The first-order valence-electron chi connectivity index (χ1n) is 8.64. The van der Waals surface area contributed by atoms with E-state index in [1.807, 2.05) is 4.57 Å². The molecule has 0 radical (unpaired) electrons. The van der Waals surface area contributed by atoms with Crippen LogP contribution in [0, 0.1) is 24.2 Å². The van der Waals surface area contributed by atoms with Gasteiger partial charge in [-0.15, -0.1) is 0 Å². The number of alkyl halides is 3. The summed E-state index contributed by atoms with van der Waals surface area (Å²) in [7, 11) is 0. The van der Waals surface area contributed by atoms with Gasteiger partial charge < -0.3 is 0 Å². The monoisotopic (exact) mass is 440 g/mol. The van der Waals surface area contributed by atoms with Crippen molar-refractivity contribution in [1.82, 2.24) is 4.98 Å². The molecule has 1 aliphatic rings. The Labute approximate surface area is 162 Å². The zero-order valence-corrected chi connectivity index (χ0v) is 16.2. The summed E-state index contributed by atoms with van der Waals surface area (Å²) < 4.78 is 41.1. The molecule has 1 fully saturated rings. The molecule has 0 spiro atoms. The van der Waals surface area contributed by atoms with Crippen LogP contribution in [0.5, 0.6) is 0 Å². The molecule has 2 aromatic rings. The molecule has 3 rings (SSSR count). The molecule has 0 bridgehead atoms. The number of rotatable bonds is 2. The number of nitrogens with zero attached hydrogens (tertiary/aromatic N) is 2. The number of hydrogen-bond donors (Lipinski definition) is 1. The second kappa shape index (κ2) is 7.47. The first-order chi connectivity index (χ1) is 12.7. The van der Waals surface area contributed by atoms with Crippen molar-refractivity contribution in [3.63, 3.8) is 0 Å². The van der Waals surface area contributed by atoms with Crippen LogP contribution >= 0.6 is 15.9 Å². The van der Waals surface area contributed by atoms with E-state index in [4.69, 9.17) is 5.26 Å². The third-order valence-electron chi connectivity index (χ3n) is 5.17. The molecule has 1 saturated carbocycles. The van der Waals surface area contributed by atoms with Gasteiger partial charge in [0.15, 0.2) is 0 Å². The maximum absolute atomic E-state index is 13.0. The molecule has 1 aromatic carbocycles. The lowest BCUT2D eigenvalue weighted by molar-refractivity contribution is -0.618. The molecule has 4 nitrogen and oxygen atoms in total. The maximum atomic E-state index is 13.0. The van der Waals surface area contributed by atoms with Gasteiger partial charge in [-0.2, -0.15) is 23.0 Å². The van der Waals surface area contributed by atoms with Crippen LogP contribution in [0.3, 0.4) is 0 Å². The van der Waals surface area contributed by atoms with Gasteiger partial charge in [0.2, 0.25) is 0 Å². The van der Waals surface area contributed by atoms with Gasteiger partial charge in [0.25, 0.3) is 5.82 Å². The summed E-state index contributed by atoms with van der Waals surface area (Å²) in [6, 6.07) is 8.93. The van der Waals surface area contributed by atoms with E-state index in [-0.39, 0.29) is 24.3 Å². The Kier molecular flexibility index (Phi) is 5.43. The standard InChI is InChI=1S/C19H17BrF3N3O/c1-11-16(20)18(27)25-17(13-4-6-14(7-5-13)19(21,22)23)26(11)15-8-2-12(10-24)3-9-15/h2-3,8-9,13-14H,4-7H2,1H3/p+1. The molecule has 0 aliphatic heterocycles. The van der Waals surface area contributed by atoms with Gasteiger partial charge in [0, 0.05) is 0 Å². The van der Waals surface area contributed by atoms with Crippen molar-refractivity contribution in [2.45, 2.75) is 44.7 Å². The number of benzene rings is 1. The van der Waals surface area contributed by atoms with Crippen molar-refractivity contribution in [3.05, 3.63) is 56.2 Å². The van der Waals surface area contributed by atoms with E-state index in [2.05, 4.69) is 27.0 Å². The number of hydrogen-bond acceptors (Lipinski definition) is 2. The second-order valence-corrected chi connectivity index (χ2v) is 7.62. The summed E-state index contributed by atoms with van der Waals surface area (Å²) in [5.41, 5.74) is 1.62. The Morgan fingerprint density at radius 2 is 1.78 bits per heavy atom. The number of halogens is 4. The van der Waals surface area contributed by atoms with Gasteiger partial charge in [-0.3, -0.25) is 0 Å². The molecule has 1 aliphatic carbocycles. The Bertz CT molecular complexity index is 937. The van der Waals surface area contributed by atoms with Crippen molar-refractivity contribution in [3.8, 4) is 11.8 Å². The first-order valence-corrected chi connectivity index (χ1v) is 9.43. The second-order valence-electron chi connectivity index (χ2n) is 6.82. The average molecular weight is 441 g/mol. The van der Waals surface area contributed by atoms with Crippen LogP contribution in [-0.4, -0.2) is 11.2 Å². The molecule has 0 unspecified atom stereocenters. The lowest BCUT2D eigenvalue weighted by atomic mass is 9.81. The highest BCUT2D eigenvalue weighted by Gasteiger charge is 2.43. The van der Waals surface area contributed by atoms with Crippen LogP contribution in [0.2, 0.25) is 0 Å². The SMILES string of the molecule is Cc1c(Br)c(=O)[nH]c(C2CCC(C(F)(F)F)CC2)[n+]1-c1ccc(C#N)cc1. The number of aromatic nitrogens is 2. The van der Waals surface area contributed by atoms with Crippen LogP contribution in [0.15, 0.2) is 33.5 Å². The number of aromatic amines is 1. The molecule has 142 valence electrons. The van der Waals surface area contributed by atoms with Crippen molar-refractivity contribution < 1.29 is 17.7 Å². The van der Waals surface area contributed by atoms with Gasteiger partial charge in [0.1, 0.15) is 15.9 Å². The van der Waals surface area contributed by atoms with E-state index in [1.165, 1.54) is 0 Å². The smallest absolute Gasteiger partial charge is 0.240 e. The Morgan fingerprint density at radius 3 is 2.30 bits per heavy atom. The predicted octanol–water partition coefficient (Wildman–Crippen LogP) is 4.43. The average Bonchev–Trinajstić information content (AvgIpc) is 2.65. The fourth-order valence-electron chi connectivity index (χ4n) is 3.67. The largest absolute Gasteiger partial charge is 0.391 e. The Morgan fingerprint density at radius 1 is 1.19 bits per heavy atom. The summed E-state index contributed by atoms with van der Waals surface area (Å²) in [4.78, 5) is 15.1. The molecule has 27 heavy (non-hydrogen) atoms. The summed E-state index contributed by atoms with van der Waals surface area (Å²) in [5.74, 6) is -0.842. The lowest BCUT2D eigenvalue weighted by Gasteiger charge is -2.28. The highest BCUT2D eigenvalue weighted by atomic mass is 79.9. The summed E-state index contributed by atoms with van der Waals surface area (Å²) in [6.07, 6.45) is -3.34. The van der Waals surface area contributed by atoms with Crippen molar-refractivity contribution in [2.24, 2.45) is 5.92 Å². The maximum Gasteiger partial charge on any atom is 0.391 e. The zero-order chi connectivity index (χ0) is 19.8. The van der Waals surface area contributed by atoms with Crippen LogP contribution in [0.1, 0.15) is 48.7 Å². The van der Waals surface area contributed by atoms with Gasteiger partial charge in [-0.1, -0.05) is 0 Å². The highest BCUT2D eigenvalue weighted by Crippen LogP contribution is 2.42. The highest BCUT2D eigenvalue weighted by molar-refractivity contribution is 9.10.